The van der Waals surface area contributed by atoms with Gasteiger partial charge in [0.15, 0.2) is 5.13 Å². The van der Waals surface area contributed by atoms with Crippen LogP contribution < -0.4 is 5.32 Å². The summed E-state index contributed by atoms with van der Waals surface area (Å²) in [5.74, 6) is 0. The molecule has 0 aliphatic carbocycles. The minimum Gasteiger partial charge on any atom is -0.361 e. The van der Waals surface area contributed by atoms with E-state index in [1.54, 1.807) is 17.4 Å². The van der Waals surface area contributed by atoms with Gasteiger partial charge in [-0.2, -0.15) is 0 Å². The average Bonchev–Trinajstić information content (AvgIpc) is 3.00. The summed E-state index contributed by atoms with van der Waals surface area (Å²) in [6, 6.07) is 16.0. The van der Waals surface area contributed by atoms with Crippen molar-refractivity contribution in [2.24, 2.45) is 0 Å². The second-order valence-electron chi connectivity index (χ2n) is 4.83. The average molecular weight is 349 g/mol. The third-order valence-electron chi connectivity index (χ3n) is 3.25. The van der Waals surface area contributed by atoms with Crippen molar-refractivity contribution in [2.75, 3.05) is 11.9 Å². The number of anilines is 1. The van der Waals surface area contributed by atoms with E-state index in [-0.39, 0.29) is 0 Å². The molecule has 2 aromatic carbocycles. The fraction of sp³-hybridized carbons (Fsp3) is 0.118. The Morgan fingerprint density at radius 1 is 1.00 bits per heavy atom. The molecule has 0 aliphatic heterocycles. The Hall–Kier alpha value is -1.55. The van der Waals surface area contributed by atoms with E-state index >= 15 is 0 Å². The third-order valence-corrected chi connectivity index (χ3v) is 4.79. The van der Waals surface area contributed by atoms with Gasteiger partial charge in [0.1, 0.15) is 0 Å². The highest BCUT2D eigenvalue weighted by Gasteiger charge is 2.06. The van der Waals surface area contributed by atoms with Crippen LogP contribution in [-0.4, -0.2) is 11.5 Å². The van der Waals surface area contributed by atoms with E-state index in [0.29, 0.717) is 10.0 Å². The molecule has 0 spiro atoms. The molecule has 0 bridgehead atoms. The van der Waals surface area contributed by atoms with Gasteiger partial charge in [-0.05, 0) is 24.1 Å². The van der Waals surface area contributed by atoms with Crippen LogP contribution in [0.2, 0.25) is 10.0 Å². The van der Waals surface area contributed by atoms with Gasteiger partial charge in [0.05, 0.1) is 15.7 Å². The highest BCUT2D eigenvalue weighted by atomic mass is 35.5. The molecule has 1 heterocycles. The summed E-state index contributed by atoms with van der Waals surface area (Å²) in [4.78, 5) is 4.59. The zero-order valence-electron chi connectivity index (χ0n) is 11.7. The SMILES string of the molecule is Clc1ccc(-c2csc(NCCc3ccccc3)n2)cc1Cl. The maximum atomic E-state index is 6.05. The van der Waals surface area contributed by atoms with E-state index in [9.17, 15) is 0 Å². The van der Waals surface area contributed by atoms with Crippen molar-refractivity contribution in [3.8, 4) is 11.3 Å². The summed E-state index contributed by atoms with van der Waals surface area (Å²) >= 11 is 13.6. The third kappa shape index (κ3) is 3.80. The van der Waals surface area contributed by atoms with Gasteiger partial charge in [0.25, 0.3) is 0 Å². The molecule has 3 rings (SSSR count). The summed E-state index contributed by atoms with van der Waals surface area (Å²) in [7, 11) is 0. The molecular weight excluding hydrogens is 335 g/mol. The Balaban J connectivity index is 1.62. The molecule has 1 N–H and O–H groups in total. The Labute approximate surface area is 143 Å². The highest BCUT2D eigenvalue weighted by Crippen LogP contribution is 2.30. The van der Waals surface area contributed by atoms with Crippen LogP contribution in [0, 0.1) is 0 Å². The first-order valence-electron chi connectivity index (χ1n) is 6.91. The highest BCUT2D eigenvalue weighted by molar-refractivity contribution is 7.14. The molecule has 0 radical (unpaired) electrons. The lowest BCUT2D eigenvalue weighted by atomic mass is 10.1. The number of hydrogen-bond donors (Lipinski definition) is 1. The number of aromatic nitrogens is 1. The van der Waals surface area contributed by atoms with Crippen LogP contribution in [0.1, 0.15) is 5.56 Å². The predicted molar refractivity (Wildman–Crippen MR) is 96.2 cm³/mol. The predicted octanol–water partition coefficient (Wildman–Crippen LogP) is 5.77. The zero-order chi connectivity index (χ0) is 15.4. The molecule has 0 amide bonds. The van der Waals surface area contributed by atoms with Gasteiger partial charge in [-0.1, -0.05) is 59.6 Å². The molecule has 1 aromatic heterocycles. The quantitative estimate of drug-likeness (QED) is 0.632. The van der Waals surface area contributed by atoms with Crippen LogP contribution in [0.15, 0.2) is 53.9 Å². The van der Waals surface area contributed by atoms with Crippen molar-refractivity contribution in [3.05, 3.63) is 69.5 Å². The van der Waals surface area contributed by atoms with Crippen molar-refractivity contribution in [3.63, 3.8) is 0 Å². The number of thiazole rings is 1. The molecule has 2 nitrogen and oxygen atoms in total. The van der Waals surface area contributed by atoms with Gasteiger partial charge in [-0.3, -0.25) is 0 Å². The van der Waals surface area contributed by atoms with Crippen molar-refractivity contribution in [2.45, 2.75) is 6.42 Å². The fourth-order valence-corrected chi connectivity index (χ4v) is 3.15. The second kappa shape index (κ2) is 7.14. The van der Waals surface area contributed by atoms with E-state index in [2.05, 4.69) is 34.6 Å². The minimum absolute atomic E-state index is 0.547. The molecular formula is C17H14Cl2N2S. The fourth-order valence-electron chi connectivity index (χ4n) is 2.10. The molecule has 0 saturated carbocycles. The van der Waals surface area contributed by atoms with Crippen LogP contribution in [0.3, 0.4) is 0 Å². The van der Waals surface area contributed by atoms with Gasteiger partial charge >= 0.3 is 0 Å². The Morgan fingerprint density at radius 2 is 1.82 bits per heavy atom. The molecule has 0 aliphatic rings. The topological polar surface area (TPSA) is 24.9 Å². The molecule has 22 heavy (non-hydrogen) atoms. The zero-order valence-corrected chi connectivity index (χ0v) is 14.1. The smallest absolute Gasteiger partial charge is 0.183 e. The summed E-state index contributed by atoms with van der Waals surface area (Å²) in [6.07, 6.45) is 0.975. The summed E-state index contributed by atoms with van der Waals surface area (Å²) in [5, 5.41) is 7.39. The lowest BCUT2D eigenvalue weighted by molar-refractivity contribution is 1.02. The molecule has 3 aromatic rings. The molecule has 0 unspecified atom stereocenters. The van der Waals surface area contributed by atoms with Crippen LogP contribution >= 0.6 is 34.5 Å². The number of hydrogen-bond acceptors (Lipinski definition) is 3. The standard InChI is InChI=1S/C17H14Cl2N2S/c18-14-7-6-13(10-15(14)19)16-11-22-17(21-16)20-9-8-12-4-2-1-3-5-12/h1-7,10-11H,8-9H2,(H,20,21). The molecule has 0 atom stereocenters. The number of nitrogens with zero attached hydrogens (tertiary/aromatic N) is 1. The normalized spacial score (nSPS) is 10.6. The van der Waals surface area contributed by atoms with E-state index in [1.807, 2.05) is 23.6 Å². The molecule has 112 valence electrons. The molecule has 5 heteroatoms. The lowest BCUT2D eigenvalue weighted by Crippen LogP contribution is -2.04. The maximum absolute atomic E-state index is 6.05. The largest absolute Gasteiger partial charge is 0.361 e. The van der Waals surface area contributed by atoms with Gasteiger partial charge in [-0.15, -0.1) is 11.3 Å². The first-order chi connectivity index (χ1) is 10.7. The van der Waals surface area contributed by atoms with Crippen molar-refractivity contribution >= 4 is 39.7 Å². The van der Waals surface area contributed by atoms with Gasteiger partial charge in [0, 0.05) is 17.5 Å². The minimum atomic E-state index is 0.547. The number of halogens is 2. The van der Waals surface area contributed by atoms with Crippen LogP contribution in [0.4, 0.5) is 5.13 Å². The monoisotopic (exact) mass is 348 g/mol. The van der Waals surface area contributed by atoms with Gasteiger partial charge in [0.2, 0.25) is 0 Å². The first-order valence-corrected chi connectivity index (χ1v) is 8.55. The van der Waals surface area contributed by atoms with Crippen molar-refractivity contribution in [1.29, 1.82) is 0 Å². The van der Waals surface area contributed by atoms with Gasteiger partial charge < -0.3 is 5.32 Å². The van der Waals surface area contributed by atoms with Gasteiger partial charge in [-0.25, -0.2) is 4.98 Å². The molecule has 0 fully saturated rings. The first kappa shape index (κ1) is 15.3. The number of rotatable bonds is 5. The maximum Gasteiger partial charge on any atom is 0.183 e. The summed E-state index contributed by atoms with van der Waals surface area (Å²) < 4.78 is 0. The van der Waals surface area contributed by atoms with E-state index in [4.69, 9.17) is 23.2 Å². The molecule has 0 saturated heterocycles. The Kier molecular flexibility index (Phi) is 4.98. The van der Waals surface area contributed by atoms with E-state index in [0.717, 1.165) is 29.4 Å². The van der Waals surface area contributed by atoms with Crippen LogP contribution in [-0.2, 0) is 6.42 Å². The van der Waals surface area contributed by atoms with Crippen molar-refractivity contribution < 1.29 is 0 Å². The summed E-state index contributed by atoms with van der Waals surface area (Å²) in [6.45, 7) is 0.859. The number of benzene rings is 2. The van der Waals surface area contributed by atoms with E-state index < -0.39 is 0 Å². The Bertz CT molecular complexity index is 756. The lowest BCUT2D eigenvalue weighted by Gasteiger charge is -2.03. The summed E-state index contributed by atoms with van der Waals surface area (Å²) in [5.41, 5.74) is 3.20. The van der Waals surface area contributed by atoms with Crippen LogP contribution in [0.5, 0.6) is 0 Å². The van der Waals surface area contributed by atoms with E-state index in [1.165, 1.54) is 5.56 Å². The van der Waals surface area contributed by atoms with Crippen molar-refractivity contribution in [1.82, 2.24) is 4.98 Å². The second-order valence-corrected chi connectivity index (χ2v) is 6.50. The Morgan fingerprint density at radius 3 is 2.59 bits per heavy atom. The van der Waals surface area contributed by atoms with Crippen LogP contribution in [0.25, 0.3) is 11.3 Å². The number of nitrogens with one attached hydrogen (secondary N) is 1.